The lowest BCUT2D eigenvalue weighted by Crippen LogP contribution is -2.18. The molecule has 0 bridgehead atoms. The minimum atomic E-state index is -4.48. The van der Waals surface area contributed by atoms with E-state index in [1.807, 2.05) is 10.8 Å². The summed E-state index contributed by atoms with van der Waals surface area (Å²) in [6.07, 6.45) is -3.06. The van der Waals surface area contributed by atoms with E-state index >= 15 is 0 Å². The second-order valence-corrected chi connectivity index (χ2v) is 4.61. The Morgan fingerprint density at radius 2 is 2.10 bits per heavy atom. The average molecular weight is 298 g/mol. The largest absolute Gasteiger partial charge is 0.416 e. The molecule has 0 aliphatic heterocycles. The Labute approximate surface area is 116 Å². The van der Waals surface area contributed by atoms with Gasteiger partial charge in [0.2, 0.25) is 0 Å². The molecule has 0 saturated heterocycles. The van der Waals surface area contributed by atoms with Gasteiger partial charge in [-0.05, 0) is 35.0 Å². The van der Waals surface area contributed by atoms with Crippen molar-refractivity contribution >= 4 is 23.5 Å². The van der Waals surface area contributed by atoms with Crippen LogP contribution in [0.1, 0.15) is 21.5 Å². The fraction of sp³-hybridized carbons (Fsp3) is 0.0769. The molecule has 0 radical (unpaired) electrons. The van der Waals surface area contributed by atoms with Gasteiger partial charge < -0.3 is 0 Å². The van der Waals surface area contributed by atoms with Crippen molar-refractivity contribution in [1.29, 1.82) is 0 Å². The standard InChI is InChI=1S/C13H9F3N2OS/c14-13(15,16)11-3-1-2-10(6-11)12(19)18-17-7-9-4-5-20-8-9/h1-8H,(H,18,19). The summed E-state index contributed by atoms with van der Waals surface area (Å²) in [5.74, 6) is -0.692. The molecule has 1 heterocycles. The lowest BCUT2D eigenvalue weighted by Gasteiger charge is -2.07. The highest BCUT2D eigenvalue weighted by Gasteiger charge is 2.30. The first-order valence-corrected chi connectivity index (χ1v) is 6.44. The molecule has 20 heavy (non-hydrogen) atoms. The second kappa shape index (κ2) is 5.87. The lowest BCUT2D eigenvalue weighted by molar-refractivity contribution is -0.137. The van der Waals surface area contributed by atoms with E-state index in [4.69, 9.17) is 0 Å². The van der Waals surface area contributed by atoms with E-state index in [9.17, 15) is 18.0 Å². The van der Waals surface area contributed by atoms with Gasteiger partial charge in [0, 0.05) is 11.1 Å². The van der Waals surface area contributed by atoms with Crippen molar-refractivity contribution in [3.63, 3.8) is 0 Å². The fourth-order valence-corrected chi connectivity index (χ4v) is 2.03. The zero-order valence-corrected chi connectivity index (χ0v) is 10.8. The zero-order valence-electron chi connectivity index (χ0n) is 10.0. The van der Waals surface area contributed by atoms with Crippen LogP contribution in [-0.4, -0.2) is 12.1 Å². The Hall–Kier alpha value is -2.15. The summed E-state index contributed by atoms with van der Waals surface area (Å²) in [4.78, 5) is 11.7. The second-order valence-electron chi connectivity index (χ2n) is 3.83. The van der Waals surface area contributed by atoms with Crippen LogP contribution in [0.5, 0.6) is 0 Å². The Morgan fingerprint density at radius 3 is 2.75 bits per heavy atom. The van der Waals surface area contributed by atoms with Gasteiger partial charge in [-0.1, -0.05) is 6.07 Å². The summed E-state index contributed by atoms with van der Waals surface area (Å²) >= 11 is 1.47. The van der Waals surface area contributed by atoms with Crippen molar-refractivity contribution in [2.75, 3.05) is 0 Å². The summed E-state index contributed by atoms with van der Waals surface area (Å²) in [5.41, 5.74) is 2.02. The topological polar surface area (TPSA) is 41.5 Å². The molecule has 2 aromatic rings. The van der Waals surface area contributed by atoms with E-state index in [1.54, 1.807) is 6.07 Å². The maximum absolute atomic E-state index is 12.5. The highest BCUT2D eigenvalue weighted by Crippen LogP contribution is 2.29. The minimum absolute atomic E-state index is 0.0951. The number of carbonyl (C=O) groups excluding carboxylic acids is 1. The van der Waals surface area contributed by atoms with E-state index in [0.29, 0.717) is 0 Å². The van der Waals surface area contributed by atoms with Crippen LogP contribution in [0, 0.1) is 0 Å². The minimum Gasteiger partial charge on any atom is -0.267 e. The third-order valence-corrected chi connectivity index (χ3v) is 3.08. The molecule has 2 rings (SSSR count). The molecule has 1 amide bonds. The molecule has 0 atom stereocenters. The molecule has 0 aliphatic carbocycles. The third kappa shape index (κ3) is 3.67. The molecule has 1 aromatic heterocycles. The molecule has 1 aromatic carbocycles. The Bertz CT molecular complexity index is 621. The van der Waals surface area contributed by atoms with Crippen molar-refractivity contribution in [3.05, 3.63) is 57.8 Å². The highest BCUT2D eigenvalue weighted by molar-refractivity contribution is 7.08. The van der Waals surface area contributed by atoms with Crippen LogP contribution in [0.15, 0.2) is 46.2 Å². The Balaban J connectivity index is 2.06. The number of rotatable bonds is 3. The van der Waals surface area contributed by atoms with Gasteiger partial charge in [0.15, 0.2) is 0 Å². The number of thiophene rings is 1. The van der Waals surface area contributed by atoms with Gasteiger partial charge >= 0.3 is 6.18 Å². The first kappa shape index (κ1) is 14.3. The summed E-state index contributed by atoms with van der Waals surface area (Å²) in [7, 11) is 0. The molecule has 7 heteroatoms. The number of hydrazone groups is 1. The smallest absolute Gasteiger partial charge is 0.267 e. The van der Waals surface area contributed by atoms with Crippen LogP contribution in [0.3, 0.4) is 0 Å². The molecule has 104 valence electrons. The highest BCUT2D eigenvalue weighted by atomic mass is 32.1. The molecule has 0 saturated carbocycles. The predicted octanol–water partition coefficient (Wildman–Crippen LogP) is 3.53. The van der Waals surface area contributed by atoms with Crippen molar-refractivity contribution in [1.82, 2.24) is 5.43 Å². The van der Waals surface area contributed by atoms with Crippen molar-refractivity contribution in [2.24, 2.45) is 5.10 Å². The molecular weight excluding hydrogens is 289 g/mol. The molecule has 3 nitrogen and oxygen atoms in total. The van der Waals surface area contributed by atoms with Crippen molar-refractivity contribution in [2.45, 2.75) is 6.18 Å². The Morgan fingerprint density at radius 1 is 1.30 bits per heavy atom. The molecular formula is C13H9F3N2OS. The number of benzene rings is 1. The van der Waals surface area contributed by atoms with E-state index in [1.165, 1.54) is 29.7 Å². The number of nitrogens with zero attached hydrogens (tertiary/aromatic N) is 1. The SMILES string of the molecule is O=C(NN=Cc1ccsc1)c1cccc(C(F)(F)F)c1. The quantitative estimate of drug-likeness (QED) is 0.683. The lowest BCUT2D eigenvalue weighted by atomic mass is 10.1. The number of carbonyl (C=O) groups is 1. The molecule has 0 aliphatic rings. The van der Waals surface area contributed by atoms with Crippen LogP contribution in [0.25, 0.3) is 0 Å². The summed E-state index contributed by atoms with van der Waals surface area (Å²) < 4.78 is 37.5. The van der Waals surface area contributed by atoms with E-state index in [0.717, 1.165) is 17.7 Å². The summed E-state index contributed by atoms with van der Waals surface area (Å²) in [6, 6.07) is 5.97. The first-order valence-electron chi connectivity index (χ1n) is 5.50. The van der Waals surface area contributed by atoms with Crippen LogP contribution in [0.4, 0.5) is 13.2 Å². The van der Waals surface area contributed by atoms with E-state index < -0.39 is 17.6 Å². The van der Waals surface area contributed by atoms with E-state index in [-0.39, 0.29) is 5.56 Å². The number of hydrogen-bond donors (Lipinski definition) is 1. The molecule has 0 unspecified atom stereocenters. The summed E-state index contributed by atoms with van der Waals surface area (Å²) in [6.45, 7) is 0. The van der Waals surface area contributed by atoms with E-state index in [2.05, 4.69) is 10.5 Å². The van der Waals surface area contributed by atoms with Gasteiger partial charge in [-0.15, -0.1) is 0 Å². The van der Waals surface area contributed by atoms with Gasteiger partial charge in [-0.3, -0.25) is 4.79 Å². The van der Waals surface area contributed by atoms with Gasteiger partial charge in [0.1, 0.15) is 0 Å². The monoisotopic (exact) mass is 298 g/mol. The van der Waals surface area contributed by atoms with Gasteiger partial charge in [0.05, 0.1) is 11.8 Å². The molecule has 0 spiro atoms. The maximum atomic E-state index is 12.5. The van der Waals surface area contributed by atoms with Gasteiger partial charge in [-0.25, -0.2) is 5.43 Å². The molecule has 0 fully saturated rings. The van der Waals surface area contributed by atoms with Crippen LogP contribution >= 0.6 is 11.3 Å². The number of halogens is 3. The fourth-order valence-electron chi connectivity index (χ4n) is 1.42. The normalized spacial score (nSPS) is 11.8. The average Bonchev–Trinajstić information content (AvgIpc) is 2.91. The van der Waals surface area contributed by atoms with Crippen LogP contribution in [0.2, 0.25) is 0 Å². The van der Waals surface area contributed by atoms with Crippen molar-refractivity contribution < 1.29 is 18.0 Å². The molecule has 1 N–H and O–H groups in total. The third-order valence-electron chi connectivity index (χ3n) is 2.37. The Kier molecular flexibility index (Phi) is 4.19. The van der Waals surface area contributed by atoms with Crippen LogP contribution < -0.4 is 5.43 Å². The predicted molar refractivity (Wildman–Crippen MR) is 70.8 cm³/mol. The number of hydrogen-bond acceptors (Lipinski definition) is 3. The number of nitrogens with one attached hydrogen (secondary N) is 1. The first-order chi connectivity index (χ1) is 9.47. The van der Waals surface area contributed by atoms with Crippen molar-refractivity contribution in [3.8, 4) is 0 Å². The summed E-state index contributed by atoms with van der Waals surface area (Å²) in [5, 5.41) is 7.35. The number of alkyl halides is 3. The number of amides is 1. The zero-order chi connectivity index (χ0) is 14.6. The van der Waals surface area contributed by atoms with Gasteiger partial charge in [-0.2, -0.15) is 29.6 Å². The van der Waals surface area contributed by atoms with Gasteiger partial charge in [0.25, 0.3) is 5.91 Å². The maximum Gasteiger partial charge on any atom is 0.416 e. The van der Waals surface area contributed by atoms with Crippen LogP contribution in [-0.2, 0) is 6.18 Å².